The van der Waals surface area contributed by atoms with E-state index in [1.807, 2.05) is 44.2 Å². The van der Waals surface area contributed by atoms with Crippen molar-refractivity contribution in [2.45, 2.75) is 52.2 Å². The van der Waals surface area contributed by atoms with E-state index in [9.17, 15) is 14.4 Å². The third-order valence-electron chi connectivity index (χ3n) is 4.85. The number of amides is 2. The van der Waals surface area contributed by atoms with E-state index in [2.05, 4.69) is 15.4 Å². The van der Waals surface area contributed by atoms with Gasteiger partial charge >= 0.3 is 0 Å². The number of rotatable bonds is 8. The summed E-state index contributed by atoms with van der Waals surface area (Å²) in [6, 6.07) is 8.79. The molecule has 1 atom stereocenters. The molecule has 3 rings (SSSR count). The van der Waals surface area contributed by atoms with Gasteiger partial charge in [-0.05, 0) is 32.3 Å². The number of carbonyl (C=O) groups is 3. The maximum absolute atomic E-state index is 12.6. The maximum Gasteiger partial charge on any atom is 0.289 e. The largest absolute Gasteiger partial charge is 0.349 e. The van der Waals surface area contributed by atoms with Gasteiger partial charge in [0.25, 0.3) is 5.91 Å². The molecule has 0 bridgehead atoms. The third kappa shape index (κ3) is 4.62. The zero-order chi connectivity index (χ0) is 20.1. The van der Waals surface area contributed by atoms with Gasteiger partial charge in [-0.1, -0.05) is 30.3 Å². The van der Waals surface area contributed by atoms with Crippen LogP contribution in [0.25, 0.3) is 0 Å². The molecule has 0 aliphatic carbocycles. The highest BCUT2D eigenvalue weighted by molar-refractivity contribution is 6.38. The number of hydrogen-bond donors (Lipinski definition) is 1. The number of carbonyl (C=O) groups excluding carboxylic acids is 3. The number of aromatic nitrogens is 3. The molecular formula is C20H25N5O3. The van der Waals surface area contributed by atoms with E-state index in [0.717, 1.165) is 11.4 Å². The molecule has 0 saturated carbocycles. The molecule has 148 valence electrons. The van der Waals surface area contributed by atoms with E-state index >= 15 is 0 Å². The van der Waals surface area contributed by atoms with E-state index < -0.39 is 17.7 Å². The molecule has 2 heterocycles. The Bertz CT molecular complexity index is 862. The number of likely N-dealkylation sites (tertiary alicyclic amines) is 1. The summed E-state index contributed by atoms with van der Waals surface area (Å²) in [5.74, 6) is 0.257. The first-order valence-corrected chi connectivity index (χ1v) is 9.49. The van der Waals surface area contributed by atoms with Gasteiger partial charge in [0.2, 0.25) is 11.7 Å². The van der Waals surface area contributed by atoms with Crippen molar-refractivity contribution in [2.24, 2.45) is 0 Å². The summed E-state index contributed by atoms with van der Waals surface area (Å²) in [5, 5.41) is 6.93. The molecule has 28 heavy (non-hydrogen) atoms. The SMILES string of the molecule is Cc1nc(C)n(CCCNC(=O)C(=O)C2CCC(=O)N2Cc2ccccc2)n1. The van der Waals surface area contributed by atoms with Crippen LogP contribution < -0.4 is 5.32 Å². The Labute approximate surface area is 163 Å². The summed E-state index contributed by atoms with van der Waals surface area (Å²) in [6.07, 6.45) is 1.32. The molecule has 1 aromatic carbocycles. The van der Waals surface area contributed by atoms with E-state index in [0.29, 0.717) is 44.7 Å². The minimum atomic E-state index is -0.687. The molecule has 0 radical (unpaired) electrons. The van der Waals surface area contributed by atoms with Crippen LogP contribution in [0.4, 0.5) is 0 Å². The molecule has 1 unspecified atom stereocenters. The minimum Gasteiger partial charge on any atom is -0.349 e. The molecule has 1 N–H and O–H groups in total. The Hall–Kier alpha value is -3.03. The zero-order valence-corrected chi connectivity index (χ0v) is 16.2. The van der Waals surface area contributed by atoms with Crippen molar-refractivity contribution in [3.8, 4) is 0 Å². The van der Waals surface area contributed by atoms with Crippen molar-refractivity contribution in [1.82, 2.24) is 25.0 Å². The summed E-state index contributed by atoms with van der Waals surface area (Å²) in [7, 11) is 0. The molecular weight excluding hydrogens is 358 g/mol. The fourth-order valence-electron chi connectivity index (χ4n) is 3.43. The lowest BCUT2D eigenvalue weighted by Crippen LogP contribution is -2.45. The predicted octanol–water partition coefficient (Wildman–Crippen LogP) is 1.16. The first kappa shape index (κ1) is 19.7. The first-order chi connectivity index (χ1) is 13.5. The summed E-state index contributed by atoms with van der Waals surface area (Å²) < 4.78 is 1.78. The highest BCUT2D eigenvalue weighted by Crippen LogP contribution is 2.22. The summed E-state index contributed by atoms with van der Waals surface area (Å²) in [6.45, 7) is 5.02. The molecule has 8 nitrogen and oxygen atoms in total. The highest BCUT2D eigenvalue weighted by atomic mass is 16.2. The molecule has 1 aliphatic rings. The van der Waals surface area contributed by atoms with Crippen LogP contribution >= 0.6 is 0 Å². The van der Waals surface area contributed by atoms with Gasteiger partial charge in [0.05, 0.1) is 0 Å². The van der Waals surface area contributed by atoms with Crippen LogP contribution in [-0.4, -0.2) is 49.8 Å². The molecule has 1 fully saturated rings. The molecule has 2 aromatic rings. The second-order valence-corrected chi connectivity index (χ2v) is 6.96. The number of aryl methyl sites for hydroxylation is 3. The van der Waals surface area contributed by atoms with Gasteiger partial charge in [0, 0.05) is 26.1 Å². The number of hydrogen-bond acceptors (Lipinski definition) is 5. The molecule has 1 saturated heterocycles. The smallest absolute Gasteiger partial charge is 0.289 e. The first-order valence-electron chi connectivity index (χ1n) is 9.49. The summed E-state index contributed by atoms with van der Waals surface area (Å²) in [4.78, 5) is 42.8. The van der Waals surface area contributed by atoms with Crippen molar-refractivity contribution < 1.29 is 14.4 Å². The molecule has 8 heteroatoms. The van der Waals surface area contributed by atoms with Crippen LogP contribution in [0.2, 0.25) is 0 Å². The van der Waals surface area contributed by atoms with Crippen LogP contribution in [0.5, 0.6) is 0 Å². The van der Waals surface area contributed by atoms with Crippen LogP contribution in [0.1, 0.15) is 36.5 Å². The van der Waals surface area contributed by atoms with Crippen molar-refractivity contribution in [2.75, 3.05) is 6.54 Å². The molecule has 0 spiro atoms. The minimum absolute atomic E-state index is 0.0907. The second-order valence-electron chi connectivity index (χ2n) is 6.96. The average Bonchev–Trinajstić information content (AvgIpc) is 3.20. The molecule has 2 amide bonds. The number of nitrogens with zero attached hydrogens (tertiary/aromatic N) is 4. The number of Topliss-reactive ketones (excluding diaryl/α,β-unsaturated/α-hetero) is 1. The zero-order valence-electron chi connectivity index (χ0n) is 16.2. The van der Waals surface area contributed by atoms with Gasteiger partial charge in [-0.15, -0.1) is 0 Å². The Balaban J connectivity index is 1.51. The van der Waals surface area contributed by atoms with Gasteiger partial charge in [-0.25, -0.2) is 4.98 Å². The molecule has 1 aliphatic heterocycles. The van der Waals surface area contributed by atoms with Gasteiger partial charge in [-0.2, -0.15) is 5.10 Å². The topological polar surface area (TPSA) is 97.2 Å². The molecule has 1 aromatic heterocycles. The van der Waals surface area contributed by atoms with Crippen molar-refractivity contribution in [3.05, 3.63) is 47.5 Å². The fourth-order valence-corrected chi connectivity index (χ4v) is 3.43. The van der Waals surface area contributed by atoms with Crippen molar-refractivity contribution >= 4 is 17.6 Å². The van der Waals surface area contributed by atoms with Gasteiger partial charge < -0.3 is 10.2 Å². The van der Waals surface area contributed by atoms with Crippen LogP contribution in [0, 0.1) is 13.8 Å². The average molecular weight is 383 g/mol. The van der Waals surface area contributed by atoms with Gasteiger partial charge in [0.15, 0.2) is 0 Å². The number of nitrogens with one attached hydrogen (secondary N) is 1. The monoisotopic (exact) mass is 383 g/mol. The third-order valence-corrected chi connectivity index (χ3v) is 4.85. The van der Waals surface area contributed by atoms with E-state index in [1.165, 1.54) is 4.90 Å². The summed E-state index contributed by atoms with van der Waals surface area (Å²) >= 11 is 0. The van der Waals surface area contributed by atoms with Gasteiger partial charge in [-0.3, -0.25) is 19.1 Å². The van der Waals surface area contributed by atoms with E-state index in [1.54, 1.807) is 4.68 Å². The lowest BCUT2D eigenvalue weighted by molar-refractivity contribution is -0.143. The number of benzene rings is 1. The highest BCUT2D eigenvalue weighted by Gasteiger charge is 2.38. The van der Waals surface area contributed by atoms with Crippen molar-refractivity contribution in [3.63, 3.8) is 0 Å². The van der Waals surface area contributed by atoms with Crippen LogP contribution in [-0.2, 0) is 27.5 Å². The lowest BCUT2D eigenvalue weighted by Gasteiger charge is -2.23. The van der Waals surface area contributed by atoms with Crippen LogP contribution in [0.3, 0.4) is 0 Å². The predicted molar refractivity (Wildman–Crippen MR) is 102 cm³/mol. The normalized spacial score (nSPS) is 16.4. The Kier molecular flexibility index (Phi) is 6.18. The lowest BCUT2D eigenvalue weighted by atomic mass is 10.1. The number of ketones is 1. The quantitative estimate of drug-likeness (QED) is 0.545. The Morgan fingerprint density at radius 3 is 2.64 bits per heavy atom. The standard InChI is InChI=1S/C20H25N5O3/c1-14-22-15(2)25(23-14)12-6-11-21-20(28)19(27)17-9-10-18(26)24(17)13-16-7-4-3-5-8-16/h3-5,7-8,17H,6,9-13H2,1-2H3,(H,21,28). The maximum atomic E-state index is 12.6. The Morgan fingerprint density at radius 1 is 1.21 bits per heavy atom. The van der Waals surface area contributed by atoms with E-state index in [-0.39, 0.29) is 5.91 Å². The van der Waals surface area contributed by atoms with Gasteiger partial charge in [0.1, 0.15) is 17.7 Å². The summed E-state index contributed by atoms with van der Waals surface area (Å²) in [5.41, 5.74) is 0.939. The van der Waals surface area contributed by atoms with E-state index in [4.69, 9.17) is 0 Å². The van der Waals surface area contributed by atoms with Crippen LogP contribution in [0.15, 0.2) is 30.3 Å². The second kappa shape index (κ2) is 8.77. The Morgan fingerprint density at radius 2 is 1.96 bits per heavy atom. The fraction of sp³-hybridized carbons (Fsp3) is 0.450. The van der Waals surface area contributed by atoms with Crippen molar-refractivity contribution in [1.29, 1.82) is 0 Å².